The van der Waals surface area contributed by atoms with Crippen LogP contribution in [0.5, 0.6) is 0 Å². The fourth-order valence-corrected chi connectivity index (χ4v) is 1.84. The van der Waals surface area contributed by atoms with Crippen molar-refractivity contribution < 1.29 is 9.53 Å². The summed E-state index contributed by atoms with van der Waals surface area (Å²) in [5.41, 5.74) is 5.04. The van der Waals surface area contributed by atoms with Gasteiger partial charge in [0.1, 0.15) is 5.60 Å². The van der Waals surface area contributed by atoms with Crippen LogP contribution in [0.4, 0.5) is 4.79 Å². The van der Waals surface area contributed by atoms with E-state index in [9.17, 15) is 4.79 Å². The molecule has 1 aliphatic heterocycles. The summed E-state index contributed by atoms with van der Waals surface area (Å²) in [6.45, 7) is 9.61. The van der Waals surface area contributed by atoms with Crippen molar-refractivity contribution in [3.8, 4) is 0 Å². The average molecular weight is 273 g/mol. The van der Waals surface area contributed by atoms with E-state index in [0.29, 0.717) is 18.1 Å². The van der Waals surface area contributed by atoms with Crippen LogP contribution in [-0.4, -0.2) is 59.2 Å². The fourth-order valence-electron chi connectivity index (χ4n) is 1.75. The van der Waals surface area contributed by atoms with Gasteiger partial charge in [0, 0.05) is 39.1 Å². The lowest BCUT2D eigenvalue weighted by atomic mass is 10.2. The maximum Gasteiger partial charge on any atom is 0.410 e. The number of nitrogens with zero attached hydrogens (tertiary/aromatic N) is 2. The van der Waals surface area contributed by atoms with Gasteiger partial charge in [0.15, 0.2) is 0 Å². The van der Waals surface area contributed by atoms with E-state index in [4.69, 9.17) is 22.7 Å². The molecule has 0 aliphatic carbocycles. The van der Waals surface area contributed by atoms with E-state index < -0.39 is 5.60 Å². The zero-order valence-corrected chi connectivity index (χ0v) is 12.3. The molecular weight excluding hydrogens is 250 g/mol. The van der Waals surface area contributed by atoms with Crippen molar-refractivity contribution in [2.75, 3.05) is 32.7 Å². The summed E-state index contributed by atoms with van der Waals surface area (Å²) < 4.78 is 5.34. The second-order valence-electron chi connectivity index (χ2n) is 5.53. The molecule has 6 heteroatoms. The second-order valence-corrected chi connectivity index (χ2v) is 6.05. The summed E-state index contributed by atoms with van der Waals surface area (Å²) in [6, 6.07) is 0. The van der Waals surface area contributed by atoms with Crippen LogP contribution in [-0.2, 0) is 4.74 Å². The second kappa shape index (κ2) is 6.33. The van der Waals surface area contributed by atoms with Gasteiger partial charge in [-0.2, -0.15) is 0 Å². The van der Waals surface area contributed by atoms with E-state index >= 15 is 0 Å². The Bertz CT molecular complexity index is 307. The average Bonchev–Trinajstić information content (AvgIpc) is 2.24. The number of nitrogens with two attached hydrogens (primary N) is 1. The van der Waals surface area contributed by atoms with Gasteiger partial charge in [-0.15, -0.1) is 0 Å². The minimum atomic E-state index is -0.431. The molecule has 2 N–H and O–H groups in total. The van der Waals surface area contributed by atoms with Crippen LogP contribution in [0.3, 0.4) is 0 Å². The summed E-state index contributed by atoms with van der Waals surface area (Å²) in [4.78, 5) is 16.4. The van der Waals surface area contributed by atoms with Crippen LogP contribution < -0.4 is 5.73 Å². The Hall–Kier alpha value is -0.880. The van der Waals surface area contributed by atoms with Crippen LogP contribution in [0.25, 0.3) is 0 Å². The lowest BCUT2D eigenvalue weighted by Crippen LogP contribution is -2.50. The molecule has 1 amide bonds. The summed E-state index contributed by atoms with van der Waals surface area (Å²) >= 11 is 4.86. The Kier molecular flexibility index (Phi) is 5.34. The van der Waals surface area contributed by atoms with Crippen molar-refractivity contribution in [1.82, 2.24) is 9.80 Å². The van der Waals surface area contributed by atoms with Crippen LogP contribution in [0.2, 0.25) is 0 Å². The van der Waals surface area contributed by atoms with Crippen LogP contribution in [0, 0.1) is 0 Å². The molecule has 0 aromatic rings. The molecular formula is C12H23N3O2S. The molecule has 0 bridgehead atoms. The van der Waals surface area contributed by atoms with E-state index in [2.05, 4.69) is 4.90 Å². The molecule has 1 saturated heterocycles. The Labute approximate surface area is 114 Å². The lowest BCUT2D eigenvalue weighted by molar-refractivity contribution is 0.0147. The molecule has 0 unspecified atom stereocenters. The molecule has 5 nitrogen and oxygen atoms in total. The van der Waals surface area contributed by atoms with Gasteiger partial charge in [-0.25, -0.2) is 4.79 Å². The van der Waals surface area contributed by atoms with E-state index in [-0.39, 0.29) is 6.09 Å². The maximum atomic E-state index is 11.8. The number of piperazine rings is 1. The number of hydrogen-bond donors (Lipinski definition) is 1. The molecule has 18 heavy (non-hydrogen) atoms. The Morgan fingerprint density at radius 1 is 1.28 bits per heavy atom. The molecule has 1 fully saturated rings. The van der Waals surface area contributed by atoms with Gasteiger partial charge in [-0.05, 0) is 20.8 Å². The van der Waals surface area contributed by atoms with E-state index in [1.165, 1.54) is 0 Å². The standard InChI is InChI=1S/C12H23N3O2S/c1-12(2,3)17-11(16)15-8-6-14(7-9-15)5-4-10(13)18/h4-9H2,1-3H3,(H2,13,18). The zero-order chi connectivity index (χ0) is 13.8. The molecule has 0 radical (unpaired) electrons. The number of thiocarbonyl (C=S) groups is 1. The summed E-state index contributed by atoms with van der Waals surface area (Å²) in [6.07, 6.45) is 0.512. The molecule has 1 aliphatic rings. The van der Waals surface area contributed by atoms with Gasteiger partial charge in [-0.3, -0.25) is 4.90 Å². The molecule has 1 rings (SSSR count). The molecule has 104 valence electrons. The largest absolute Gasteiger partial charge is 0.444 e. The highest BCUT2D eigenvalue weighted by molar-refractivity contribution is 7.80. The predicted octanol–water partition coefficient (Wildman–Crippen LogP) is 1.22. The molecule has 1 heterocycles. The Morgan fingerprint density at radius 3 is 2.28 bits per heavy atom. The highest BCUT2D eigenvalue weighted by atomic mass is 32.1. The molecule has 0 aromatic carbocycles. The Morgan fingerprint density at radius 2 is 1.83 bits per heavy atom. The van der Waals surface area contributed by atoms with Crippen molar-refractivity contribution in [3.05, 3.63) is 0 Å². The van der Waals surface area contributed by atoms with Gasteiger partial charge < -0.3 is 15.4 Å². The van der Waals surface area contributed by atoms with Gasteiger partial charge in [0.25, 0.3) is 0 Å². The van der Waals surface area contributed by atoms with Gasteiger partial charge >= 0.3 is 6.09 Å². The van der Waals surface area contributed by atoms with Crippen LogP contribution in [0.15, 0.2) is 0 Å². The SMILES string of the molecule is CC(C)(C)OC(=O)N1CCN(CCC(N)=S)CC1. The maximum absolute atomic E-state index is 11.8. The molecule has 0 aromatic heterocycles. The first kappa shape index (κ1) is 15.2. The number of rotatable bonds is 3. The number of ether oxygens (including phenoxy) is 1. The number of amides is 1. The molecule has 0 spiro atoms. The third-order valence-corrected chi connectivity index (χ3v) is 2.90. The topological polar surface area (TPSA) is 58.8 Å². The number of carbonyl (C=O) groups is 1. The van der Waals surface area contributed by atoms with Crippen molar-refractivity contribution in [2.24, 2.45) is 5.73 Å². The van der Waals surface area contributed by atoms with Crippen molar-refractivity contribution in [2.45, 2.75) is 32.8 Å². The van der Waals surface area contributed by atoms with Gasteiger partial charge in [0.2, 0.25) is 0 Å². The normalized spacial score (nSPS) is 17.6. The number of carbonyl (C=O) groups excluding carboxylic acids is 1. The van der Waals surface area contributed by atoms with Crippen LogP contribution in [0.1, 0.15) is 27.2 Å². The molecule has 0 atom stereocenters. The third kappa shape index (κ3) is 5.64. The quantitative estimate of drug-likeness (QED) is 0.783. The monoisotopic (exact) mass is 273 g/mol. The fraction of sp³-hybridized carbons (Fsp3) is 0.833. The van der Waals surface area contributed by atoms with Crippen molar-refractivity contribution in [1.29, 1.82) is 0 Å². The van der Waals surface area contributed by atoms with Gasteiger partial charge in [0.05, 0.1) is 4.99 Å². The van der Waals surface area contributed by atoms with E-state index in [1.807, 2.05) is 20.8 Å². The summed E-state index contributed by atoms with van der Waals surface area (Å²) in [5.74, 6) is 0. The van der Waals surface area contributed by atoms with Crippen molar-refractivity contribution in [3.63, 3.8) is 0 Å². The first-order valence-corrected chi connectivity index (χ1v) is 6.67. The summed E-state index contributed by atoms with van der Waals surface area (Å²) in [7, 11) is 0. The van der Waals surface area contributed by atoms with Crippen LogP contribution >= 0.6 is 12.2 Å². The lowest BCUT2D eigenvalue weighted by Gasteiger charge is -2.35. The highest BCUT2D eigenvalue weighted by Crippen LogP contribution is 2.11. The third-order valence-electron chi connectivity index (χ3n) is 2.70. The van der Waals surface area contributed by atoms with Crippen molar-refractivity contribution >= 4 is 23.3 Å². The Balaban J connectivity index is 2.30. The first-order valence-electron chi connectivity index (χ1n) is 6.26. The minimum Gasteiger partial charge on any atom is -0.444 e. The van der Waals surface area contributed by atoms with Gasteiger partial charge in [-0.1, -0.05) is 12.2 Å². The highest BCUT2D eigenvalue weighted by Gasteiger charge is 2.25. The molecule has 0 saturated carbocycles. The predicted molar refractivity (Wildman–Crippen MR) is 75.6 cm³/mol. The summed E-state index contributed by atoms with van der Waals surface area (Å²) in [5, 5.41) is 0. The van der Waals surface area contributed by atoms with E-state index in [0.717, 1.165) is 26.1 Å². The zero-order valence-electron chi connectivity index (χ0n) is 11.4. The minimum absolute atomic E-state index is 0.225. The number of hydrogen-bond acceptors (Lipinski definition) is 4. The smallest absolute Gasteiger partial charge is 0.410 e. The van der Waals surface area contributed by atoms with E-state index in [1.54, 1.807) is 4.90 Å². The first-order chi connectivity index (χ1) is 8.28.